The lowest BCUT2D eigenvalue weighted by Gasteiger charge is -2.50. The van der Waals surface area contributed by atoms with E-state index in [4.69, 9.17) is 52.1 Å². The largest absolute Gasteiger partial charge is 0.459 e. The molecule has 77 heavy (non-hydrogen) atoms. The number of hydrogen-bond donors (Lipinski definition) is 4. The molecular weight excluding hydrogens is 993 g/mol. The number of hydrogen-bond acceptors (Lipinski definition) is 17. The maximum Gasteiger partial charge on any atom is 0.338 e. The summed E-state index contributed by atoms with van der Waals surface area (Å²) in [6, 6.07) is 54.3. The Labute approximate surface area is 446 Å². The van der Waals surface area contributed by atoms with E-state index in [0.717, 1.165) is 22.3 Å². The lowest BCUT2D eigenvalue weighted by atomic mass is 9.95. The lowest BCUT2D eigenvalue weighted by Crippen LogP contribution is -2.67. The van der Waals surface area contributed by atoms with Crippen LogP contribution in [0.4, 0.5) is 0 Å². The highest BCUT2D eigenvalue weighted by Crippen LogP contribution is 2.37. The maximum absolute atomic E-state index is 13.6. The number of rotatable bonds is 22. The Morgan fingerprint density at radius 1 is 0.377 bits per heavy atom. The fourth-order valence-electron chi connectivity index (χ4n) is 9.32. The fraction of sp³-hybridized carbons (Fsp3) is 0.367. The maximum atomic E-state index is 13.6. The summed E-state index contributed by atoms with van der Waals surface area (Å²) in [7, 11) is 0. The molecule has 6 aromatic rings. The van der Waals surface area contributed by atoms with Crippen LogP contribution < -0.4 is 0 Å². The topological polar surface area (TPSA) is 217 Å². The van der Waals surface area contributed by atoms with E-state index in [0.29, 0.717) is 0 Å². The Morgan fingerprint density at radius 3 is 1.25 bits per heavy atom. The van der Waals surface area contributed by atoms with Gasteiger partial charge in [-0.3, -0.25) is 0 Å². The summed E-state index contributed by atoms with van der Waals surface area (Å²) in [6.07, 6.45) is -21.4. The van der Waals surface area contributed by atoms with Gasteiger partial charge < -0.3 is 72.5 Å². The van der Waals surface area contributed by atoms with Crippen LogP contribution in [0.2, 0.25) is 0 Å². The minimum Gasteiger partial charge on any atom is -0.459 e. The molecule has 0 unspecified atom stereocenters. The molecule has 406 valence electrons. The molecule has 3 heterocycles. The average Bonchev–Trinajstić information content (AvgIpc) is 3.49. The van der Waals surface area contributed by atoms with Gasteiger partial charge in [0.25, 0.3) is 0 Å². The molecule has 0 amide bonds. The van der Waals surface area contributed by atoms with Crippen molar-refractivity contribution in [2.75, 3.05) is 13.2 Å². The van der Waals surface area contributed by atoms with Crippen molar-refractivity contribution in [2.45, 2.75) is 125 Å². The highest BCUT2D eigenvalue weighted by molar-refractivity contribution is 5.89. The van der Waals surface area contributed by atoms with Crippen LogP contribution in [0, 0.1) is 0 Å². The first-order chi connectivity index (χ1) is 37.6. The van der Waals surface area contributed by atoms with E-state index < -0.39 is 117 Å². The zero-order valence-corrected chi connectivity index (χ0v) is 42.3. The first-order valence-corrected chi connectivity index (χ1v) is 25.7. The highest BCUT2D eigenvalue weighted by atomic mass is 16.8. The average molecular weight is 1060 g/mol. The van der Waals surface area contributed by atoms with Crippen molar-refractivity contribution in [3.8, 4) is 0 Å². The van der Waals surface area contributed by atoms with Crippen LogP contribution in [0.15, 0.2) is 182 Å². The van der Waals surface area contributed by atoms with Gasteiger partial charge in [-0.1, -0.05) is 158 Å². The molecule has 0 spiro atoms. The molecule has 0 radical (unpaired) electrons. The van der Waals surface area contributed by atoms with Crippen LogP contribution in [-0.4, -0.2) is 138 Å². The Hall–Kier alpha value is -6.26. The normalized spacial score (nSPS) is 29.3. The van der Waals surface area contributed by atoms with Crippen molar-refractivity contribution in [1.82, 2.24) is 0 Å². The molecule has 9 rings (SSSR count). The van der Waals surface area contributed by atoms with Crippen molar-refractivity contribution < 1.29 is 82.1 Å². The van der Waals surface area contributed by atoms with Gasteiger partial charge in [-0.25, -0.2) is 9.59 Å². The van der Waals surface area contributed by atoms with Gasteiger partial charge in [-0.15, -0.1) is 0 Å². The molecule has 6 aromatic carbocycles. The van der Waals surface area contributed by atoms with Gasteiger partial charge in [0.1, 0.15) is 80.4 Å². The number of ether oxygens (including phenoxy) is 11. The van der Waals surface area contributed by atoms with E-state index >= 15 is 0 Å². The summed E-state index contributed by atoms with van der Waals surface area (Å²) in [5.74, 6) is -1.45. The van der Waals surface area contributed by atoms with Gasteiger partial charge >= 0.3 is 11.9 Å². The Kier molecular flexibility index (Phi) is 19.7. The fourth-order valence-corrected chi connectivity index (χ4v) is 9.32. The summed E-state index contributed by atoms with van der Waals surface area (Å²) in [5, 5.41) is 46.8. The Bertz CT molecular complexity index is 2690. The molecule has 17 heteroatoms. The molecule has 3 fully saturated rings. The molecule has 0 bridgehead atoms. The molecule has 0 aromatic heterocycles. The van der Waals surface area contributed by atoms with Crippen LogP contribution in [0.3, 0.4) is 0 Å². The predicted molar refractivity (Wildman–Crippen MR) is 275 cm³/mol. The number of aliphatic hydroxyl groups is 4. The second kappa shape index (κ2) is 27.4. The summed E-state index contributed by atoms with van der Waals surface area (Å²) < 4.78 is 71.1. The molecule has 17 nitrogen and oxygen atoms in total. The molecular formula is C60H64O17. The minimum atomic E-state index is -1.94. The van der Waals surface area contributed by atoms with Crippen molar-refractivity contribution in [3.05, 3.63) is 215 Å². The third-order valence-corrected chi connectivity index (χ3v) is 13.5. The van der Waals surface area contributed by atoms with E-state index in [9.17, 15) is 30.0 Å². The number of carbonyl (C=O) groups excluding carboxylic acids is 2. The van der Waals surface area contributed by atoms with Crippen LogP contribution >= 0.6 is 0 Å². The summed E-state index contributed by atoms with van der Waals surface area (Å²) in [4.78, 5) is 26.7. The third-order valence-electron chi connectivity index (χ3n) is 13.5. The molecule has 0 saturated carbocycles. The molecule has 0 aliphatic carbocycles. The van der Waals surface area contributed by atoms with Gasteiger partial charge in [0, 0.05) is 0 Å². The SMILES string of the molecule is C[C@@H]1O[C@@H](O[C@@H]2[C@@H](O)[C@H](OCc3ccccc3)O[C@H](COC(=O)c3ccccc3)[C@H]2O[C@@H]2O[C@H](COC(=O)c3ccccc3)[C@H](O)[C@H](O)[C@H]2O)[C@@H](OCc2ccccc2)[C@H](OCc2ccccc2)[C@@H]1OCc1ccccc1. The lowest BCUT2D eigenvalue weighted by molar-refractivity contribution is -0.391. The van der Waals surface area contributed by atoms with Crippen LogP contribution in [0.1, 0.15) is 49.9 Å². The number of carbonyl (C=O) groups is 2. The van der Waals surface area contributed by atoms with Gasteiger partial charge in [0.2, 0.25) is 0 Å². The van der Waals surface area contributed by atoms with E-state index in [1.807, 2.05) is 128 Å². The highest BCUT2D eigenvalue weighted by Gasteiger charge is 2.56. The van der Waals surface area contributed by atoms with Gasteiger partial charge in [0.05, 0.1) is 43.7 Å². The minimum absolute atomic E-state index is 0.0369. The molecule has 3 saturated heterocycles. The number of benzene rings is 6. The summed E-state index contributed by atoms with van der Waals surface area (Å²) in [5.41, 5.74) is 3.81. The first kappa shape index (κ1) is 55.5. The first-order valence-electron chi connectivity index (χ1n) is 25.7. The van der Waals surface area contributed by atoms with Gasteiger partial charge in [-0.2, -0.15) is 0 Å². The predicted octanol–water partition coefficient (Wildman–Crippen LogP) is 6.08. The van der Waals surface area contributed by atoms with Crippen LogP contribution in [-0.2, 0) is 78.5 Å². The Morgan fingerprint density at radius 2 is 0.766 bits per heavy atom. The van der Waals surface area contributed by atoms with E-state index in [1.54, 1.807) is 60.7 Å². The second-order valence-electron chi connectivity index (χ2n) is 19.0. The standard InChI is InChI=1S/C60H64O17/c1-38-51(67-32-39-20-8-2-9-21-39)54(68-33-40-22-10-3-11-23-40)55(69-34-41-24-12-4-13-25-41)60(73-38)77-53-50(64)58(72-35-42-26-14-5-15-27-42)75-46(37-71-57(66)44-30-18-7-19-31-44)52(53)76-59-49(63)48(62)47(61)45(74-59)36-70-56(65)43-28-16-6-17-29-43/h2-31,38,45-55,58-64H,32-37H2,1H3/t38-,45+,46+,47-,48-,49+,50+,51+,52+,53+,54+,55-,58+,59-,60-/m0/s1. The molecule has 3 aliphatic rings. The van der Waals surface area contributed by atoms with Gasteiger partial charge in [0.15, 0.2) is 18.9 Å². The van der Waals surface area contributed by atoms with E-state index in [2.05, 4.69) is 0 Å². The summed E-state index contributed by atoms with van der Waals surface area (Å²) >= 11 is 0. The van der Waals surface area contributed by atoms with Crippen molar-refractivity contribution in [1.29, 1.82) is 0 Å². The zero-order chi connectivity index (χ0) is 53.5. The monoisotopic (exact) mass is 1060 g/mol. The van der Waals surface area contributed by atoms with Gasteiger partial charge in [-0.05, 0) is 53.4 Å². The molecule has 4 N–H and O–H groups in total. The molecule has 15 atom stereocenters. The van der Waals surface area contributed by atoms with Crippen LogP contribution in [0.5, 0.6) is 0 Å². The van der Waals surface area contributed by atoms with E-state index in [-0.39, 0.29) is 37.6 Å². The number of esters is 2. The third kappa shape index (κ3) is 14.7. The zero-order valence-electron chi connectivity index (χ0n) is 42.3. The Balaban J connectivity index is 1.07. The van der Waals surface area contributed by atoms with Crippen molar-refractivity contribution >= 4 is 11.9 Å². The van der Waals surface area contributed by atoms with Crippen molar-refractivity contribution in [2.24, 2.45) is 0 Å². The summed E-state index contributed by atoms with van der Waals surface area (Å²) in [6.45, 7) is 1.09. The van der Waals surface area contributed by atoms with Crippen LogP contribution in [0.25, 0.3) is 0 Å². The second-order valence-corrected chi connectivity index (χ2v) is 19.0. The number of aliphatic hydroxyl groups excluding tert-OH is 4. The van der Waals surface area contributed by atoms with Crippen molar-refractivity contribution in [3.63, 3.8) is 0 Å². The van der Waals surface area contributed by atoms with E-state index in [1.165, 1.54) is 0 Å². The quantitative estimate of drug-likeness (QED) is 0.0567. The molecule has 3 aliphatic heterocycles. The smallest absolute Gasteiger partial charge is 0.338 e.